The van der Waals surface area contributed by atoms with Crippen LogP contribution < -0.4 is 15.1 Å². The Morgan fingerprint density at radius 3 is 2.50 bits per heavy atom. The molecule has 0 bridgehead atoms. The van der Waals surface area contributed by atoms with Gasteiger partial charge in [-0.3, -0.25) is 0 Å². The lowest BCUT2D eigenvalue weighted by Crippen LogP contribution is -2.46. The van der Waals surface area contributed by atoms with Crippen molar-refractivity contribution in [3.63, 3.8) is 0 Å². The highest BCUT2D eigenvalue weighted by Gasteiger charge is 2.19. The molecule has 1 fully saturated rings. The van der Waals surface area contributed by atoms with Crippen LogP contribution in [0.25, 0.3) is 0 Å². The van der Waals surface area contributed by atoms with Crippen molar-refractivity contribution in [2.45, 2.75) is 0 Å². The van der Waals surface area contributed by atoms with Crippen molar-refractivity contribution >= 4 is 34.6 Å². The number of hydrogen-bond donors (Lipinski definition) is 1. The van der Waals surface area contributed by atoms with Gasteiger partial charge in [-0.2, -0.15) is 5.26 Å². The molecule has 7 heteroatoms. The number of halogens is 1. The Kier molecular flexibility index (Phi) is 5.27. The fourth-order valence-corrected chi connectivity index (χ4v) is 3.45. The van der Waals surface area contributed by atoms with E-state index in [0.717, 1.165) is 48.4 Å². The van der Waals surface area contributed by atoms with Gasteiger partial charge in [-0.05, 0) is 36.4 Å². The first-order chi connectivity index (χ1) is 13.7. The van der Waals surface area contributed by atoms with E-state index in [-0.39, 0.29) is 0 Å². The molecular weight excluding hydrogens is 372 g/mol. The van der Waals surface area contributed by atoms with E-state index in [1.807, 2.05) is 36.4 Å². The lowest BCUT2D eigenvalue weighted by Gasteiger charge is -2.36. The van der Waals surface area contributed by atoms with Crippen molar-refractivity contribution in [2.75, 3.05) is 41.3 Å². The summed E-state index contributed by atoms with van der Waals surface area (Å²) < 4.78 is 0. The molecular formula is C21H19ClN6. The first-order valence-corrected chi connectivity index (χ1v) is 9.44. The van der Waals surface area contributed by atoms with E-state index in [9.17, 15) is 0 Å². The average Bonchev–Trinajstić information content (AvgIpc) is 2.74. The highest BCUT2D eigenvalue weighted by Crippen LogP contribution is 2.24. The third-order valence-corrected chi connectivity index (χ3v) is 4.93. The summed E-state index contributed by atoms with van der Waals surface area (Å²) in [6, 6.07) is 19.4. The maximum absolute atomic E-state index is 9.04. The molecule has 1 aliphatic heterocycles. The Bertz CT molecular complexity index is 1010. The molecule has 28 heavy (non-hydrogen) atoms. The van der Waals surface area contributed by atoms with Gasteiger partial charge in [0.2, 0.25) is 0 Å². The van der Waals surface area contributed by atoms with Crippen molar-refractivity contribution in [1.29, 1.82) is 5.26 Å². The summed E-state index contributed by atoms with van der Waals surface area (Å²) in [6.45, 7) is 3.54. The Morgan fingerprint density at radius 2 is 1.71 bits per heavy atom. The van der Waals surface area contributed by atoms with E-state index in [2.05, 4.69) is 37.2 Å². The van der Waals surface area contributed by atoms with E-state index in [1.165, 1.54) is 0 Å². The lowest BCUT2D eigenvalue weighted by molar-refractivity contribution is 0.647. The summed E-state index contributed by atoms with van der Waals surface area (Å²) in [5.41, 5.74) is 2.58. The minimum atomic E-state index is 0.608. The van der Waals surface area contributed by atoms with Crippen molar-refractivity contribution in [2.24, 2.45) is 0 Å². The number of aromatic nitrogens is 2. The van der Waals surface area contributed by atoms with E-state index in [4.69, 9.17) is 16.9 Å². The average molecular weight is 391 g/mol. The first-order valence-electron chi connectivity index (χ1n) is 9.06. The van der Waals surface area contributed by atoms with Crippen LogP contribution in [0.1, 0.15) is 5.56 Å². The predicted octanol–water partition coefficient (Wildman–Crippen LogP) is 4.07. The van der Waals surface area contributed by atoms with Gasteiger partial charge in [0.1, 0.15) is 18.0 Å². The van der Waals surface area contributed by atoms with Gasteiger partial charge >= 0.3 is 0 Å². The highest BCUT2D eigenvalue weighted by atomic mass is 35.5. The SMILES string of the molecule is N#Cc1cccc(Nc2cc(N3CCN(c4cccc(Cl)c4)CC3)ncn2)c1. The molecule has 1 saturated heterocycles. The van der Waals surface area contributed by atoms with Gasteiger partial charge in [-0.25, -0.2) is 9.97 Å². The summed E-state index contributed by atoms with van der Waals surface area (Å²) in [6.07, 6.45) is 1.56. The van der Waals surface area contributed by atoms with Crippen LogP contribution in [0.3, 0.4) is 0 Å². The van der Waals surface area contributed by atoms with Gasteiger partial charge < -0.3 is 15.1 Å². The molecule has 0 saturated carbocycles. The third-order valence-electron chi connectivity index (χ3n) is 4.69. The minimum Gasteiger partial charge on any atom is -0.368 e. The fourth-order valence-electron chi connectivity index (χ4n) is 3.27. The quantitative estimate of drug-likeness (QED) is 0.724. The van der Waals surface area contributed by atoms with Crippen LogP contribution in [-0.4, -0.2) is 36.1 Å². The molecule has 1 N–H and O–H groups in total. The van der Waals surface area contributed by atoms with Gasteiger partial charge in [0, 0.05) is 48.6 Å². The molecule has 2 heterocycles. The Balaban J connectivity index is 1.43. The van der Waals surface area contributed by atoms with Crippen LogP contribution in [0.5, 0.6) is 0 Å². The molecule has 140 valence electrons. The molecule has 0 aliphatic carbocycles. The summed E-state index contributed by atoms with van der Waals surface area (Å²) in [5.74, 6) is 1.59. The summed E-state index contributed by atoms with van der Waals surface area (Å²) in [7, 11) is 0. The van der Waals surface area contributed by atoms with E-state index >= 15 is 0 Å². The van der Waals surface area contributed by atoms with Gasteiger partial charge in [0.25, 0.3) is 0 Å². The summed E-state index contributed by atoms with van der Waals surface area (Å²) in [4.78, 5) is 13.3. The normalized spacial score (nSPS) is 13.9. The van der Waals surface area contributed by atoms with E-state index in [1.54, 1.807) is 18.5 Å². The fraction of sp³-hybridized carbons (Fsp3) is 0.190. The van der Waals surface area contributed by atoms with Crippen molar-refractivity contribution in [3.05, 3.63) is 71.5 Å². The number of nitrogens with one attached hydrogen (secondary N) is 1. The number of benzene rings is 2. The summed E-state index contributed by atoms with van der Waals surface area (Å²) in [5, 5.41) is 13.0. The van der Waals surface area contributed by atoms with Gasteiger partial charge in [-0.15, -0.1) is 0 Å². The van der Waals surface area contributed by atoms with Crippen molar-refractivity contribution < 1.29 is 0 Å². The van der Waals surface area contributed by atoms with E-state index < -0.39 is 0 Å². The second kappa shape index (κ2) is 8.15. The van der Waals surface area contributed by atoms with Crippen LogP contribution in [0, 0.1) is 11.3 Å². The number of nitrogens with zero attached hydrogens (tertiary/aromatic N) is 5. The maximum atomic E-state index is 9.04. The second-order valence-corrected chi connectivity index (χ2v) is 6.97. The number of anilines is 4. The topological polar surface area (TPSA) is 68.1 Å². The second-order valence-electron chi connectivity index (χ2n) is 6.53. The number of hydrogen-bond acceptors (Lipinski definition) is 6. The zero-order valence-corrected chi connectivity index (χ0v) is 16.0. The zero-order chi connectivity index (χ0) is 19.3. The highest BCUT2D eigenvalue weighted by molar-refractivity contribution is 6.30. The molecule has 0 atom stereocenters. The van der Waals surface area contributed by atoms with Crippen LogP contribution in [0.4, 0.5) is 23.0 Å². The lowest BCUT2D eigenvalue weighted by atomic mass is 10.2. The van der Waals surface area contributed by atoms with Gasteiger partial charge in [0.15, 0.2) is 0 Å². The minimum absolute atomic E-state index is 0.608. The smallest absolute Gasteiger partial charge is 0.135 e. The molecule has 0 radical (unpaired) electrons. The Labute approximate surface area is 169 Å². The van der Waals surface area contributed by atoms with Crippen LogP contribution in [0.2, 0.25) is 5.02 Å². The third kappa shape index (κ3) is 4.16. The van der Waals surface area contributed by atoms with Crippen LogP contribution >= 0.6 is 11.6 Å². The maximum Gasteiger partial charge on any atom is 0.135 e. The van der Waals surface area contributed by atoms with E-state index in [0.29, 0.717) is 11.4 Å². The Hall–Kier alpha value is -3.30. The molecule has 0 unspecified atom stereocenters. The molecule has 1 aliphatic rings. The standard InChI is InChI=1S/C21H19ClN6/c22-17-4-2-6-19(12-17)27-7-9-28(10-8-27)21-13-20(24-15-25-21)26-18-5-1-3-16(11-18)14-23/h1-6,11-13,15H,7-10H2,(H,24,25,26). The molecule has 2 aromatic carbocycles. The zero-order valence-electron chi connectivity index (χ0n) is 15.2. The van der Waals surface area contributed by atoms with Crippen LogP contribution in [0.15, 0.2) is 60.9 Å². The molecule has 4 rings (SSSR count). The summed E-state index contributed by atoms with van der Waals surface area (Å²) >= 11 is 6.11. The van der Waals surface area contributed by atoms with Crippen molar-refractivity contribution in [1.82, 2.24) is 9.97 Å². The van der Waals surface area contributed by atoms with Crippen LogP contribution in [-0.2, 0) is 0 Å². The largest absolute Gasteiger partial charge is 0.368 e. The number of nitriles is 1. The van der Waals surface area contributed by atoms with Gasteiger partial charge in [0.05, 0.1) is 11.6 Å². The molecule has 1 aromatic heterocycles. The Morgan fingerprint density at radius 1 is 0.929 bits per heavy atom. The van der Waals surface area contributed by atoms with Gasteiger partial charge in [-0.1, -0.05) is 23.7 Å². The molecule has 0 amide bonds. The first kappa shape index (κ1) is 18.1. The molecule has 0 spiro atoms. The number of rotatable bonds is 4. The van der Waals surface area contributed by atoms with Crippen molar-refractivity contribution in [3.8, 4) is 6.07 Å². The number of piperazine rings is 1. The predicted molar refractivity (Wildman–Crippen MR) is 112 cm³/mol. The molecule has 6 nitrogen and oxygen atoms in total. The molecule has 3 aromatic rings. The monoisotopic (exact) mass is 390 g/mol.